The van der Waals surface area contributed by atoms with Crippen molar-refractivity contribution >= 4 is 37.7 Å². The Bertz CT molecular complexity index is 694. The number of Topliss-reactive ketones (excluding diaryl/α,β-unsaturated/α-hetero) is 1. The van der Waals surface area contributed by atoms with Gasteiger partial charge in [0.1, 0.15) is 6.04 Å². The molecule has 0 unspecified atom stereocenters. The molecule has 0 saturated carbocycles. The van der Waals surface area contributed by atoms with Gasteiger partial charge in [0, 0.05) is 9.89 Å². The number of esters is 1. The largest absolute Gasteiger partial charge is 0.456 e. The van der Waals surface area contributed by atoms with Crippen molar-refractivity contribution in [1.82, 2.24) is 4.72 Å². The Labute approximate surface area is 149 Å². The number of hydrogen-bond donors (Lipinski definition) is 2. The van der Waals surface area contributed by atoms with Crippen LogP contribution in [0.2, 0.25) is 0 Å². The summed E-state index contributed by atoms with van der Waals surface area (Å²) in [4.78, 5) is 23.6. The first kappa shape index (κ1) is 20.8. The standard InChI is InChI=1S/C15H20BrNO6S/c1-15(2,3)13(19)9-23-14(20)12(8-18)17-24(21,22)11-6-4-10(16)5-7-11/h4-7,12,17-18H,8-9H2,1-3H3/t12-/m1/s1. The summed E-state index contributed by atoms with van der Waals surface area (Å²) in [5, 5.41) is 9.26. The first-order chi connectivity index (χ1) is 11.0. The van der Waals surface area contributed by atoms with Gasteiger partial charge in [0.15, 0.2) is 12.4 Å². The van der Waals surface area contributed by atoms with Gasteiger partial charge in [-0.1, -0.05) is 36.7 Å². The predicted octanol–water partition coefficient (Wildman–Crippen LogP) is 1.25. The Balaban J connectivity index is 2.77. The predicted molar refractivity (Wildman–Crippen MR) is 90.8 cm³/mol. The number of hydrogen-bond acceptors (Lipinski definition) is 6. The van der Waals surface area contributed by atoms with E-state index in [4.69, 9.17) is 4.74 Å². The second-order valence-electron chi connectivity index (χ2n) is 6.09. The van der Waals surface area contributed by atoms with Gasteiger partial charge in [-0.2, -0.15) is 4.72 Å². The lowest BCUT2D eigenvalue weighted by Crippen LogP contribution is -2.45. The highest BCUT2D eigenvalue weighted by Gasteiger charge is 2.28. The number of carbonyl (C=O) groups is 2. The van der Waals surface area contributed by atoms with E-state index in [1.165, 1.54) is 24.3 Å². The molecule has 1 aromatic rings. The van der Waals surface area contributed by atoms with Gasteiger partial charge in [0.25, 0.3) is 0 Å². The van der Waals surface area contributed by atoms with Gasteiger partial charge in [-0.05, 0) is 24.3 Å². The van der Waals surface area contributed by atoms with E-state index in [1.807, 2.05) is 0 Å². The highest BCUT2D eigenvalue weighted by atomic mass is 79.9. The minimum absolute atomic E-state index is 0.0669. The normalized spacial score (nSPS) is 13.4. The maximum atomic E-state index is 12.2. The molecular formula is C15H20BrNO6S. The Morgan fingerprint density at radius 2 is 1.79 bits per heavy atom. The number of aliphatic hydroxyl groups excluding tert-OH is 1. The van der Waals surface area contributed by atoms with Crippen molar-refractivity contribution < 1.29 is 27.9 Å². The molecule has 0 aliphatic heterocycles. The van der Waals surface area contributed by atoms with Crippen molar-refractivity contribution in [3.05, 3.63) is 28.7 Å². The zero-order valence-corrected chi connectivity index (χ0v) is 16.0. The van der Waals surface area contributed by atoms with Gasteiger partial charge in [0.05, 0.1) is 11.5 Å². The lowest BCUT2D eigenvalue weighted by atomic mass is 9.91. The van der Waals surface area contributed by atoms with E-state index in [2.05, 4.69) is 20.7 Å². The zero-order valence-electron chi connectivity index (χ0n) is 13.6. The molecule has 0 heterocycles. The topological polar surface area (TPSA) is 110 Å². The second-order valence-corrected chi connectivity index (χ2v) is 8.72. The van der Waals surface area contributed by atoms with E-state index in [1.54, 1.807) is 20.8 Å². The lowest BCUT2D eigenvalue weighted by molar-refractivity contribution is -0.152. The van der Waals surface area contributed by atoms with Crippen LogP contribution in [0.5, 0.6) is 0 Å². The molecule has 0 radical (unpaired) electrons. The third-order valence-electron chi connectivity index (χ3n) is 3.07. The second kappa shape index (κ2) is 8.19. The van der Waals surface area contributed by atoms with Gasteiger partial charge >= 0.3 is 5.97 Å². The first-order valence-corrected chi connectivity index (χ1v) is 9.33. The van der Waals surface area contributed by atoms with Gasteiger partial charge in [0.2, 0.25) is 10.0 Å². The van der Waals surface area contributed by atoms with E-state index in [9.17, 15) is 23.1 Å². The van der Waals surface area contributed by atoms with Crippen LogP contribution in [0.1, 0.15) is 20.8 Å². The molecule has 0 spiro atoms. The molecule has 2 N–H and O–H groups in total. The van der Waals surface area contributed by atoms with Crippen molar-refractivity contribution in [1.29, 1.82) is 0 Å². The summed E-state index contributed by atoms with van der Waals surface area (Å²) in [6, 6.07) is 4.25. The van der Waals surface area contributed by atoms with Crippen molar-refractivity contribution in [2.75, 3.05) is 13.2 Å². The third-order valence-corrected chi connectivity index (χ3v) is 5.09. The number of carbonyl (C=O) groups excluding carboxylic acids is 2. The monoisotopic (exact) mass is 421 g/mol. The molecular weight excluding hydrogens is 402 g/mol. The van der Waals surface area contributed by atoms with Crippen LogP contribution in [-0.4, -0.2) is 44.5 Å². The SMILES string of the molecule is CC(C)(C)C(=O)COC(=O)[C@@H](CO)NS(=O)(=O)c1ccc(Br)cc1. The number of rotatable bonds is 7. The number of halogens is 1. The fraction of sp³-hybridized carbons (Fsp3) is 0.467. The number of sulfonamides is 1. The molecule has 0 aliphatic carbocycles. The molecule has 0 fully saturated rings. The average molecular weight is 422 g/mol. The van der Waals surface area contributed by atoms with Crippen LogP contribution in [0.15, 0.2) is 33.6 Å². The summed E-state index contributed by atoms with van der Waals surface area (Å²) >= 11 is 3.19. The molecule has 0 aromatic heterocycles. The number of ketones is 1. The lowest BCUT2D eigenvalue weighted by Gasteiger charge is -2.19. The molecule has 0 saturated heterocycles. The summed E-state index contributed by atoms with van der Waals surface area (Å²) < 4.78 is 32.0. The van der Waals surface area contributed by atoms with Crippen LogP contribution in [-0.2, 0) is 24.3 Å². The van der Waals surface area contributed by atoms with Crippen LogP contribution in [0, 0.1) is 5.41 Å². The van der Waals surface area contributed by atoms with E-state index < -0.39 is 40.7 Å². The Morgan fingerprint density at radius 3 is 2.25 bits per heavy atom. The fourth-order valence-electron chi connectivity index (χ4n) is 1.48. The molecule has 7 nitrogen and oxygen atoms in total. The van der Waals surface area contributed by atoms with Crippen LogP contribution >= 0.6 is 15.9 Å². The van der Waals surface area contributed by atoms with Crippen LogP contribution in [0.4, 0.5) is 0 Å². The number of benzene rings is 1. The van der Waals surface area contributed by atoms with Crippen LogP contribution in [0.3, 0.4) is 0 Å². The summed E-state index contributed by atoms with van der Waals surface area (Å²) in [5.41, 5.74) is -0.689. The first-order valence-electron chi connectivity index (χ1n) is 7.06. The van der Waals surface area contributed by atoms with Gasteiger partial charge < -0.3 is 9.84 Å². The smallest absolute Gasteiger partial charge is 0.327 e. The summed E-state index contributed by atoms with van der Waals surface area (Å²) in [7, 11) is -4.02. The molecule has 0 bridgehead atoms. The summed E-state index contributed by atoms with van der Waals surface area (Å²) in [6.45, 7) is 3.73. The number of nitrogens with one attached hydrogen (secondary N) is 1. The van der Waals surface area contributed by atoms with E-state index >= 15 is 0 Å². The minimum atomic E-state index is -4.02. The maximum Gasteiger partial charge on any atom is 0.327 e. The molecule has 0 aliphatic rings. The van der Waals surface area contributed by atoms with Gasteiger partial charge in [-0.25, -0.2) is 8.42 Å². The van der Waals surface area contributed by atoms with Crippen molar-refractivity contribution in [3.8, 4) is 0 Å². The third kappa shape index (κ3) is 5.97. The maximum absolute atomic E-state index is 12.2. The Hall–Kier alpha value is -1.29. The summed E-state index contributed by atoms with van der Waals surface area (Å²) in [6.07, 6.45) is 0. The van der Waals surface area contributed by atoms with Gasteiger partial charge in [-0.15, -0.1) is 0 Å². The summed E-state index contributed by atoms with van der Waals surface area (Å²) in [5.74, 6) is -1.33. The van der Waals surface area contributed by atoms with Crippen molar-refractivity contribution in [2.24, 2.45) is 5.41 Å². The Morgan fingerprint density at radius 1 is 1.25 bits per heavy atom. The minimum Gasteiger partial charge on any atom is -0.456 e. The molecule has 1 rings (SSSR count). The zero-order chi connectivity index (χ0) is 18.5. The quantitative estimate of drug-likeness (QED) is 0.640. The molecule has 1 aromatic carbocycles. The molecule has 24 heavy (non-hydrogen) atoms. The van der Waals surface area contributed by atoms with E-state index in [-0.39, 0.29) is 10.7 Å². The fourth-order valence-corrected chi connectivity index (χ4v) is 2.92. The molecule has 134 valence electrons. The molecule has 0 amide bonds. The Kier molecular flexibility index (Phi) is 7.09. The number of ether oxygens (including phenoxy) is 1. The van der Waals surface area contributed by atoms with Gasteiger partial charge in [-0.3, -0.25) is 9.59 Å². The molecule has 1 atom stereocenters. The van der Waals surface area contributed by atoms with Crippen molar-refractivity contribution in [3.63, 3.8) is 0 Å². The van der Waals surface area contributed by atoms with Crippen molar-refractivity contribution in [2.45, 2.75) is 31.7 Å². The van der Waals surface area contributed by atoms with Crippen LogP contribution in [0.25, 0.3) is 0 Å². The van der Waals surface area contributed by atoms with E-state index in [0.29, 0.717) is 4.47 Å². The van der Waals surface area contributed by atoms with Crippen LogP contribution < -0.4 is 4.72 Å². The average Bonchev–Trinajstić information content (AvgIpc) is 2.49. The molecule has 9 heteroatoms. The highest BCUT2D eigenvalue weighted by Crippen LogP contribution is 2.16. The highest BCUT2D eigenvalue weighted by molar-refractivity contribution is 9.10. The van der Waals surface area contributed by atoms with E-state index in [0.717, 1.165) is 0 Å². The number of aliphatic hydroxyl groups is 1.